The Morgan fingerprint density at radius 1 is 1.14 bits per heavy atom. The summed E-state index contributed by atoms with van der Waals surface area (Å²) in [4.78, 5) is 0. The van der Waals surface area contributed by atoms with Crippen LogP contribution in [0.4, 0.5) is 22.0 Å². The van der Waals surface area contributed by atoms with Crippen LogP contribution in [0.15, 0.2) is 18.2 Å². The van der Waals surface area contributed by atoms with Crippen LogP contribution in [0.3, 0.4) is 0 Å². The number of halogens is 5. The summed E-state index contributed by atoms with van der Waals surface area (Å²) in [5, 5.41) is 0. The van der Waals surface area contributed by atoms with Crippen LogP contribution in [-0.4, -0.2) is 6.18 Å². The summed E-state index contributed by atoms with van der Waals surface area (Å²) in [6.07, 6.45) is -5.06. The number of hydrogen-bond acceptors (Lipinski definition) is 0. The van der Waals surface area contributed by atoms with E-state index >= 15 is 0 Å². The molecule has 0 nitrogen and oxygen atoms in total. The molecule has 0 saturated heterocycles. The average Bonchev–Trinajstić information content (AvgIpc) is 2.05. The van der Waals surface area contributed by atoms with E-state index in [2.05, 4.69) is 0 Å². The van der Waals surface area contributed by atoms with E-state index in [0.717, 1.165) is 18.2 Å². The molecule has 0 saturated carbocycles. The Balaban J connectivity index is 2.72. The smallest absolute Gasteiger partial charge is 0.207 e. The summed E-state index contributed by atoms with van der Waals surface area (Å²) < 4.78 is 60.5. The molecule has 0 bridgehead atoms. The lowest BCUT2D eigenvalue weighted by molar-refractivity contribution is -0.127. The van der Waals surface area contributed by atoms with Crippen molar-refractivity contribution in [3.63, 3.8) is 0 Å². The first-order valence-electron chi connectivity index (χ1n) is 3.73. The molecule has 5 heteroatoms. The zero-order valence-corrected chi connectivity index (χ0v) is 6.91. The molecule has 1 radical (unpaired) electrons. The zero-order chi connectivity index (χ0) is 10.8. The van der Waals surface area contributed by atoms with Crippen LogP contribution in [-0.2, 0) is 0 Å². The Kier molecular flexibility index (Phi) is 3.08. The van der Waals surface area contributed by atoms with Crippen LogP contribution < -0.4 is 0 Å². The summed E-state index contributed by atoms with van der Waals surface area (Å²) in [6, 6.07) is 2.36. The number of hydrogen-bond donors (Lipinski definition) is 0. The van der Waals surface area contributed by atoms with Gasteiger partial charge in [0.25, 0.3) is 0 Å². The summed E-state index contributed by atoms with van der Waals surface area (Å²) in [7, 11) is 0. The van der Waals surface area contributed by atoms with E-state index in [9.17, 15) is 22.0 Å². The molecule has 0 aromatic heterocycles. The summed E-state index contributed by atoms with van der Waals surface area (Å²) in [6.45, 7) is 0. The van der Waals surface area contributed by atoms with Crippen molar-refractivity contribution in [2.75, 3.05) is 0 Å². The molecule has 0 aliphatic heterocycles. The second-order valence-corrected chi connectivity index (χ2v) is 2.69. The highest BCUT2D eigenvalue weighted by atomic mass is 19.4. The van der Waals surface area contributed by atoms with Gasteiger partial charge < -0.3 is 0 Å². The monoisotopic (exact) mass is 209 g/mol. The molecule has 0 amide bonds. The first-order valence-corrected chi connectivity index (χ1v) is 3.73. The number of benzene rings is 1. The molecule has 0 heterocycles. The Labute approximate surface area is 77.4 Å². The predicted octanol–water partition coefficient (Wildman–Crippen LogP) is 3.47. The lowest BCUT2D eigenvalue weighted by atomic mass is 10.1. The lowest BCUT2D eigenvalue weighted by Gasteiger charge is -2.06. The van der Waals surface area contributed by atoms with Crippen molar-refractivity contribution in [2.24, 2.45) is 0 Å². The molecule has 0 N–H and O–H groups in total. The highest BCUT2D eigenvalue weighted by Gasteiger charge is 2.27. The lowest BCUT2D eigenvalue weighted by Crippen LogP contribution is -2.08. The fourth-order valence-corrected chi connectivity index (χ4v) is 0.897. The van der Waals surface area contributed by atoms with Gasteiger partial charge >= 0.3 is 6.18 Å². The third kappa shape index (κ3) is 3.32. The Morgan fingerprint density at radius 2 is 1.79 bits per heavy atom. The van der Waals surface area contributed by atoms with Crippen molar-refractivity contribution in [1.29, 1.82) is 0 Å². The first kappa shape index (κ1) is 10.9. The molecule has 1 aromatic carbocycles. The van der Waals surface area contributed by atoms with E-state index in [4.69, 9.17) is 0 Å². The molecule has 0 aliphatic carbocycles. The fourth-order valence-electron chi connectivity index (χ4n) is 0.897. The van der Waals surface area contributed by atoms with Gasteiger partial charge in [-0.15, -0.1) is 0 Å². The van der Waals surface area contributed by atoms with Crippen LogP contribution in [0.25, 0.3) is 0 Å². The molecule has 0 unspecified atom stereocenters. The average molecular weight is 209 g/mol. The molecule has 0 atom stereocenters. The molecule has 0 aliphatic rings. The van der Waals surface area contributed by atoms with Gasteiger partial charge in [-0.2, -0.15) is 13.2 Å². The molecule has 77 valence electrons. The SMILES string of the molecule is Fc1ccc(F)c([CH]CC(F)(F)F)c1. The zero-order valence-electron chi connectivity index (χ0n) is 6.91. The third-order valence-electron chi connectivity index (χ3n) is 1.51. The normalized spacial score (nSPS) is 11.8. The molecule has 1 aromatic rings. The maximum Gasteiger partial charge on any atom is 0.389 e. The van der Waals surface area contributed by atoms with Crippen molar-refractivity contribution < 1.29 is 22.0 Å². The molecule has 1 rings (SSSR count). The highest BCUT2D eigenvalue weighted by molar-refractivity contribution is 5.25. The van der Waals surface area contributed by atoms with Gasteiger partial charge in [0.15, 0.2) is 0 Å². The van der Waals surface area contributed by atoms with Crippen molar-refractivity contribution in [3.05, 3.63) is 41.8 Å². The largest absolute Gasteiger partial charge is 0.389 e. The van der Waals surface area contributed by atoms with Crippen molar-refractivity contribution in [1.82, 2.24) is 0 Å². The van der Waals surface area contributed by atoms with Crippen LogP contribution in [0.5, 0.6) is 0 Å². The van der Waals surface area contributed by atoms with Gasteiger partial charge in [-0.25, -0.2) is 8.78 Å². The van der Waals surface area contributed by atoms with Crippen molar-refractivity contribution >= 4 is 0 Å². The van der Waals surface area contributed by atoms with Gasteiger partial charge in [0.2, 0.25) is 0 Å². The van der Waals surface area contributed by atoms with Gasteiger partial charge in [-0.3, -0.25) is 0 Å². The van der Waals surface area contributed by atoms with Crippen LogP contribution in [0.2, 0.25) is 0 Å². The first-order chi connectivity index (χ1) is 6.38. The van der Waals surface area contributed by atoms with Gasteiger partial charge in [-0.05, 0) is 23.8 Å². The number of alkyl halides is 3. The Bertz CT molecular complexity index is 315. The predicted molar refractivity (Wildman–Crippen MR) is 40.4 cm³/mol. The highest BCUT2D eigenvalue weighted by Crippen LogP contribution is 2.24. The summed E-state index contributed by atoms with van der Waals surface area (Å²) >= 11 is 0. The summed E-state index contributed by atoms with van der Waals surface area (Å²) in [5.41, 5.74) is -0.373. The van der Waals surface area contributed by atoms with Crippen molar-refractivity contribution in [3.8, 4) is 0 Å². The minimum absolute atomic E-state index is 0.373. The Morgan fingerprint density at radius 3 is 2.36 bits per heavy atom. The summed E-state index contributed by atoms with van der Waals surface area (Å²) in [5.74, 6) is -1.63. The third-order valence-corrected chi connectivity index (χ3v) is 1.51. The fraction of sp³-hybridized carbons (Fsp3) is 0.222. The quantitative estimate of drug-likeness (QED) is 0.654. The van der Waals surface area contributed by atoms with Gasteiger partial charge in [0, 0.05) is 6.42 Å². The van der Waals surface area contributed by atoms with Crippen molar-refractivity contribution in [2.45, 2.75) is 12.6 Å². The van der Waals surface area contributed by atoms with E-state index < -0.39 is 24.2 Å². The van der Waals surface area contributed by atoms with E-state index in [-0.39, 0.29) is 5.56 Å². The molecule has 14 heavy (non-hydrogen) atoms. The van der Waals surface area contributed by atoms with E-state index in [1.807, 2.05) is 0 Å². The molecular weight excluding hydrogens is 203 g/mol. The standard InChI is InChI=1S/C9H6F5/c10-7-1-2-8(11)6(5-7)3-4-9(12,13)14/h1-3,5H,4H2. The second-order valence-electron chi connectivity index (χ2n) is 2.69. The van der Waals surface area contributed by atoms with E-state index in [1.165, 1.54) is 0 Å². The van der Waals surface area contributed by atoms with Gasteiger partial charge in [0.1, 0.15) is 11.6 Å². The molecular formula is C9H6F5. The van der Waals surface area contributed by atoms with Gasteiger partial charge in [-0.1, -0.05) is 0 Å². The van der Waals surface area contributed by atoms with Crippen LogP contribution in [0.1, 0.15) is 12.0 Å². The minimum atomic E-state index is -4.40. The maximum atomic E-state index is 12.8. The van der Waals surface area contributed by atoms with Crippen LogP contribution >= 0.6 is 0 Å². The Hall–Kier alpha value is -1.13. The number of rotatable bonds is 2. The maximum absolute atomic E-state index is 12.8. The van der Waals surface area contributed by atoms with Gasteiger partial charge in [0.05, 0.1) is 6.42 Å². The van der Waals surface area contributed by atoms with Crippen LogP contribution in [0, 0.1) is 18.1 Å². The van der Waals surface area contributed by atoms with E-state index in [1.54, 1.807) is 0 Å². The second kappa shape index (κ2) is 3.94. The topological polar surface area (TPSA) is 0 Å². The molecule has 0 spiro atoms. The van der Waals surface area contributed by atoms with E-state index in [0.29, 0.717) is 6.42 Å². The molecule has 0 fully saturated rings. The minimum Gasteiger partial charge on any atom is -0.207 e.